The first kappa shape index (κ1) is 23.7. The maximum absolute atomic E-state index is 12.9. The van der Waals surface area contributed by atoms with E-state index in [1.165, 1.54) is 16.4 Å². The summed E-state index contributed by atoms with van der Waals surface area (Å²) < 4.78 is 63.2. The summed E-state index contributed by atoms with van der Waals surface area (Å²) in [4.78, 5) is 12.5. The lowest BCUT2D eigenvalue weighted by molar-refractivity contribution is -0.137. The number of nitrogens with zero attached hydrogens (tertiary/aromatic N) is 1. The van der Waals surface area contributed by atoms with Gasteiger partial charge in [0.25, 0.3) is 5.91 Å². The predicted octanol–water partition coefficient (Wildman–Crippen LogP) is 3.85. The van der Waals surface area contributed by atoms with Gasteiger partial charge in [-0.2, -0.15) is 13.2 Å². The molecule has 30 heavy (non-hydrogen) atoms. The molecule has 0 aliphatic carbocycles. The first-order valence-corrected chi connectivity index (χ1v) is 11.1. The van der Waals surface area contributed by atoms with Crippen molar-refractivity contribution >= 4 is 27.3 Å². The van der Waals surface area contributed by atoms with E-state index in [-0.39, 0.29) is 24.3 Å². The van der Waals surface area contributed by atoms with Crippen LogP contribution in [0.2, 0.25) is 0 Å². The molecule has 0 fully saturated rings. The highest BCUT2D eigenvalue weighted by Gasteiger charge is 2.30. The normalized spacial score (nSPS) is 12.1. The SMILES string of the molecule is CCN(CCCNC(=O)c1ccccc1Nc1cccc(C(F)(F)F)c1)S(C)(=O)=O. The number of para-hydroxylation sites is 1. The second kappa shape index (κ2) is 9.94. The Morgan fingerprint density at radius 2 is 1.80 bits per heavy atom. The number of hydrogen-bond acceptors (Lipinski definition) is 4. The van der Waals surface area contributed by atoms with E-state index < -0.39 is 27.7 Å². The van der Waals surface area contributed by atoms with Gasteiger partial charge in [-0.15, -0.1) is 0 Å². The lowest BCUT2D eigenvalue weighted by atomic mass is 10.1. The fourth-order valence-corrected chi connectivity index (χ4v) is 3.76. The quantitative estimate of drug-likeness (QED) is 0.577. The fourth-order valence-electron chi connectivity index (χ4n) is 2.83. The summed E-state index contributed by atoms with van der Waals surface area (Å²) in [5, 5.41) is 5.57. The van der Waals surface area contributed by atoms with E-state index in [4.69, 9.17) is 0 Å². The van der Waals surface area contributed by atoms with E-state index in [0.29, 0.717) is 18.7 Å². The third-order valence-corrected chi connectivity index (χ3v) is 5.71. The van der Waals surface area contributed by atoms with Crippen LogP contribution in [0.15, 0.2) is 48.5 Å². The molecule has 6 nitrogen and oxygen atoms in total. The average molecular weight is 443 g/mol. The third-order valence-electron chi connectivity index (χ3n) is 4.33. The molecule has 0 saturated carbocycles. The number of hydrogen-bond donors (Lipinski definition) is 2. The standard InChI is InChI=1S/C20H24F3N3O3S/c1-3-26(30(2,28)29)13-7-12-24-19(27)17-10-4-5-11-18(17)25-16-9-6-8-15(14-16)20(21,22)23/h4-6,8-11,14,25H,3,7,12-13H2,1-2H3,(H,24,27). The summed E-state index contributed by atoms with van der Waals surface area (Å²) in [5.74, 6) is -0.410. The Kier molecular flexibility index (Phi) is 7.85. The molecule has 10 heteroatoms. The number of halogens is 3. The molecule has 0 bridgehead atoms. The molecular formula is C20H24F3N3O3S. The Morgan fingerprint density at radius 1 is 1.10 bits per heavy atom. The number of anilines is 2. The van der Waals surface area contributed by atoms with Crippen molar-refractivity contribution in [2.24, 2.45) is 0 Å². The fraction of sp³-hybridized carbons (Fsp3) is 0.350. The zero-order valence-corrected chi connectivity index (χ0v) is 17.5. The van der Waals surface area contributed by atoms with Crippen LogP contribution in [0.4, 0.5) is 24.5 Å². The summed E-state index contributed by atoms with van der Waals surface area (Å²) in [5.41, 5.74) is 0.0450. The van der Waals surface area contributed by atoms with Gasteiger partial charge in [0.05, 0.1) is 23.1 Å². The third kappa shape index (κ3) is 6.74. The van der Waals surface area contributed by atoms with Gasteiger partial charge >= 0.3 is 6.18 Å². The van der Waals surface area contributed by atoms with Crippen molar-refractivity contribution in [1.82, 2.24) is 9.62 Å². The van der Waals surface area contributed by atoms with E-state index in [9.17, 15) is 26.4 Å². The van der Waals surface area contributed by atoms with Gasteiger partial charge in [0.15, 0.2) is 0 Å². The molecule has 0 aliphatic heterocycles. The molecule has 0 spiro atoms. The molecule has 0 aromatic heterocycles. The number of rotatable bonds is 9. The van der Waals surface area contributed by atoms with Crippen molar-refractivity contribution in [3.05, 3.63) is 59.7 Å². The molecule has 0 saturated heterocycles. The van der Waals surface area contributed by atoms with Crippen LogP contribution in [0.3, 0.4) is 0 Å². The van der Waals surface area contributed by atoms with E-state index in [2.05, 4.69) is 10.6 Å². The molecule has 2 aromatic rings. The number of benzene rings is 2. The molecule has 2 rings (SSSR count). The van der Waals surface area contributed by atoms with Crippen LogP contribution in [-0.2, 0) is 16.2 Å². The summed E-state index contributed by atoms with van der Waals surface area (Å²) in [7, 11) is -3.29. The Balaban J connectivity index is 2.04. The van der Waals surface area contributed by atoms with Crippen molar-refractivity contribution < 1.29 is 26.4 Å². The van der Waals surface area contributed by atoms with Crippen LogP contribution in [0.25, 0.3) is 0 Å². The number of nitrogens with one attached hydrogen (secondary N) is 2. The van der Waals surface area contributed by atoms with Crippen molar-refractivity contribution in [1.29, 1.82) is 0 Å². The van der Waals surface area contributed by atoms with Crippen LogP contribution < -0.4 is 10.6 Å². The number of carbonyl (C=O) groups is 1. The molecule has 2 N–H and O–H groups in total. The molecule has 0 atom stereocenters. The van der Waals surface area contributed by atoms with E-state index in [1.807, 2.05) is 0 Å². The number of amides is 1. The maximum atomic E-state index is 12.9. The van der Waals surface area contributed by atoms with Gasteiger partial charge in [-0.05, 0) is 36.8 Å². The molecular weight excluding hydrogens is 419 g/mol. The van der Waals surface area contributed by atoms with Crippen LogP contribution in [-0.4, -0.2) is 44.5 Å². The Labute approximate surface area is 174 Å². The smallest absolute Gasteiger partial charge is 0.355 e. The zero-order chi connectivity index (χ0) is 22.4. The van der Waals surface area contributed by atoms with Gasteiger partial charge in [-0.25, -0.2) is 12.7 Å². The lowest BCUT2D eigenvalue weighted by Crippen LogP contribution is -2.33. The Bertz CT molecular complexity index is 979. The summed E-state index contributed by atoms with van der Waals surface area (Å²) in [6.07, 6.45) is -2.91. The van der Waals surface area contributed by atoms with E-state index >= 15 is 0 Å². The van der Waals surface area contributed by atoms with E-state index in [1.54, 1.807) is 31.2 Å². The summed E-state index contributed by atoms with van der Waals surface area (Å²) in [6.45, 7) is 2.61. The van der Waals surface area contributed by atoms with Gasteiger partial charge < -0.3 is 10.6 Å². The van der Waals surface area contributed by atoms with Crippen molar-refractivity contribution in [2.75, 3.05) is 31.2 Å². The van der Waals surface area contributed by atoms with Crippen LogP contribution in [0, 0.1) is 0 Å². The van der Waals surface area contributed by atoms with Crippen LogP contribution in [0.5, 0.6) is 0 Å². The monoisotopic (exact) mass is 443 g/mol. The highest BCUT2D eigenvalue weighted by molar-refractivity contribution is 7.88. The highest BCUT2D eigenvalue weighted by Crippen LogP contribution is 2.31. The van der Waals surface area contributed by atoms with Gasteiger partial charge in [-0.3, -0.25) is 4.79 Å². The lowest BCUT2D eigenvalue weighted by Gasteiger charge is -2.18. The second-order valence-corrected chi connectivity index (χ2v) is 8.60. The van der Waals surface area contributed by atoms with Crippen molar-refractivity contribution in [3.63, 3.8) is 0 Å². The molecule has 1 amide bonds. The minimum atomic E-state index is -4.47. The van der Waals surface area contributed by atoms with E-state index in [0.717, 1.165) is 18.4 Å². The van der Waals surface area contributed by atoms with Gasteiger partial charge in [0, 0.05) is 25.3 Å². The van der Waals surface area contributed by atoms with Crippen LogP contribution in [0.1, 0.15) is 29.3 Å². The minimum Gasteiger partial charge on any atom is -0.355 e. The van der Waals surface area contributed by atoms with Crippen molar-refractivity contribution in [2.45, 2.75) is 19.5 Å². The van der Waals surface area contributed by atoms with Gasteiger partial charge in [-0.1, -0.05) is 25.1 Å². The van der Waals surface area contributed by atoms with Gasteiger partial charge in [0.2, 0.25) is 10.0 Å². The minimum absolute atomic E-state index is 0.205. The average Bonchev–Trinajstić information content (AvgIpc) is 2.67. The Morgan fingerprint density at radius 3 is 2.43 bits per heavy atom. The van der Waals surface area contributed by atoms with Crippen LogP contribution >= 0.6 is 0 Å². The van der Waals surface area contributed by atoms with Gasteiger partial charge in [0.1, 0.15) is 0 Å². The molecule has 0 unspecified atom stereocenters. The molecule has 164 valence electrons. The first-order valence-electron chi connectivity index (χ1n) is 9.29. The predicted molar refractivity (Wildman–Crippen MR) is 110 cm³/mol. The molecule has 0 radical (unpaired) electrons. The second-order valence-electron chi connectivity index (χ2n) is 6.61. The number of sulfonamides is 1. The zero-order valence-electron chi connectivity index (χ0n) is 16.7. The highest BCUT2D eigenvalue weighted by atomic mass is 32.2. The number of carbonyl (C=O) groups excluding carboxylic acids is 1. The molecule has 0 aliphatic rings. The number of alkyl halides is 3. The maximum Gasteiger partial charge on any atom is 0.416 e. The Hall–Kier alpha value is -2.59. The topological polar surface area (TPSA) is 78.5 Å². The largest absolute Gasteiger partial charge is 0.416 e. The van der Waals surface area contributed by atoms with Crippen molar-refractivity contribution in [3.8, 4) is 0 Å². The summed E-state index contributed by atoms with van der Waals surface area (Å²) in [6, 6.07) is 11.2. The molecule has 2 aromatic carbocycles. The molecule has 0 heterocycles. The summed E-state index contributed by atoms with van der Waals surface area (Å²) >= 11 is 0. The first-order chi connectivity index (χ1) is 14.0.